The van der Waals surface area contributed by atoms with E-state index < -0.39 is 28.8 Å². The number of amides is 1. The molecular formula is C11H8F2N4O. The van der Waals surface area contributed by atoms with Crippen LogP contribution in [-0.2, 0) is 0 Å². The lowest BCUT2D eigenvalue weighted by Crippen LogP contribution is -2.16. The number of nitrogen functional groups attached to an aromatic ring is 1. The van der Waals surface area contributed by atoms with Crippen molar-refractivity contribution >= 4 is 17.4 Å². The fourth-order valence-electron chi connectivity index (χ4n) is 1.33. The minimum atomic E-state index is -0.974. The Bertz CT molecular complexity index is 589. The second kappa shape index (κ2) is 4.74. The number of anilines is 2. The molecule has 2 aromatic rings. The van der Waals surface area contributed by atoms with Crippen LogP contribution in [0.3, 0.4) is 0 Å². The van der Waals surface area contributed by atoms with Gasteiger partial charge in [-0.05, 0) is 24.3 Å². The Labute approximate surface area is 101 Å². The quantitative estimate of drug-likeness (QED) is 0.793. The summed E-state index contributed by atoms with van der Waals surface area (Å²) in [5, 5.41) is 9.40. The number of aromatic nitrogens is 2. The van der Waals surface area contributed by atoms with Gasteiger partial charge in [0.25, 0.3) is 5.91 Å². The number of halogens is 2. The Morgan fingerprint density at radius 1 is 1.33 bits per heavy atom. The van der Waals surface area contributed by atoms with Crippen LogP contribution in [0.4, 0.5) is 20.3 Å². The molecular weight excluding hydrogens is 242 g/mol. The van der Waals surface area contributed by atoms with Gasteiger partial charge in [-0.15, -0.1) is 5.10 Å². The summed E-state index contributed by atoms with van der Waals surface area (Å²) in [4.78, 5) is 11.7. The first-order valence-electron chi connectivity index (χ1n) is 4.91. The van der Waals surface area contributed by atoms with Gasteiger partial charge in [0.1, 0.15) is 5.82 Å². The van der Waals surface area contributed by atoms with Crippen LogP contribution in [0.1, 0.15) is 10.4 Å². The smallest absolute Gasteiger partial charge is 0.260 e. The number of nitrogens with two attached hydrogens (primary N) is 1. The Morgan fingerprint density at radius 2 is 2.11 bits per heavy atom. The molecule has 0 aliphatic carbocycles. The lowest BCUT2D eigenvalue weighted by molar-refractivity contribution is 0.102. The highest BCUT2D eigenvalue weighted by Crippen LogP contribution is 2.18. The fraction of sp³-hybridized carbons (Fsp3) is 0. The van der Waals surface area contributed by atoms with Crippen molar-refractivity contribution in [3.05, 3.63) is 47.7 Å². The molecule has 0 spiro atoms. The molecule has 1 heterocycles. The number of benzene rings is 1. The van der Waals surface area contributed by atoms with Crippen molar-refractivity contribution < 1.29 is 13.6 Å². The highest BCUT2D eigenvalue weighted by molar-refractivity contribution is 6.04. The summed E-state index contributed by atoms with van der Waals surface area (Å²) >= 11 is 0. The Hall–Kier alpha value is -2.57. The number of rotatable bonds is 2. The molecule has 0 saturated carbocycles. The van der Waals surface area contributed by atoms with Crippen LogP contribution in [0.2, 0.25) is 0 Å². The minimum absolute atomic E-state index is 0.129. The lowest BCUT2D eigenvalue weighted by Gasteiger charge is -2.06. The number of hydrogen-bond donors (Lipinski definition) is 2. The van der Waals surface area contributed by atoms with Crippen LogP contribution in [0.25, 0.3) is 0 Å². The first-order valence-corrected chi connectivity index (χ1v) is 4.91. The molecule has 0 aliphatic rings. The third kappa shape index (κ3) is 2.40. The van der Waals surface area contributed by atoms with Crippen LogP contribution in [0, 0.1) is 11.6 Å². The van der Waals surface area contributed by atoms with Gasteiger partial charge in [-0.25, -0.2) is 8.78 Å². The molecule has 0 saturated heterocycles. The molecule has 0 aliphatic heterocycles. The maximum atomic E-state index is 13.5. The van der Waals surface area contributed by atoms with Crippen molar-refractivity contribution in [2.75, 3.05) is 11.1 Å². The SMILES string of the molecule is Nc1cc(F)cc(C(=O)Nc2cccnn2)c1F. The van der Waals surface area contributed by atoms with Gasteiger partial charge in [0.2, 0.25) is 0 Å². The summed E-state index contributed by atoms with van der Waals surface area (Å²) in [5.41, 5.74) is 4.31. The topological polar surface area (TPSA) is 80.9 Å². The largest absolute Gasteiger partial charge is 0.396 e. The van der Waals surface area contributed by atoms with E-state index in [4.69, 9.17) is 5.73 Å². The summed E-state index contributed by atoms with van der Waals surface area (Å²) in [6.45, 7) is 0. The number of hydrogen-bond acceptors (Lipinski definition) is 4. The van der Waals surface area contributed by atoms with Crippen LogP contribution < -0.4 is 11.1 Å². The maximum absolute atomic E-state index is 13.5. The Kier molecular flexibility index (Phi) is 3.13. The molecule has 92 valence electrons. The summed E-state index contributed by atoms with van der Waals surface area (Å²) < 4.78 is 26.6. The minimum Gasteiger partial charge on any atom is -0.396 e. The van der Waals surface area contributed by atoms with Gasteiger partial charge in [-0.1, -0.05) is 0 Å². The normalized spacial score (nSPS) is 10.1. The molecule has 0 bridgehead atoms. The Balaban J connectivity index is 2.30. The van der Waals surface area contributed by atoms with E-state index in [9.17, 15) is 13.6 Å². The van der Waals surface area contributed by atoms with E-state index in [1.165, 1.54) is 12.3 Å². The van der Waals surface area contributed by atoms with E-state index in [0.29, 0.717) is 0 Å². The first-order chi connectivity index (χ1) is 8.58. The molecule has 2 rings (SSSR count). The molecule has 0 unspecified atom stereocenters. The van der Waals surface area contributed by atoms with Crippen molar-refractivity contribution in [1.82, 2.24) is 10.2 Å². The first kappa shape index (κ1) is 11.9. The molecule has 3 N–H and O–H groups in total. The van der Waals surface area contributed by atoms with Crippen molar-refractivity contribution in [1.29, 1.82) is 0 Å². The zero-order valence-electron chi connectivity index (χ0n) is 9.02. The van der Waals surface area contributed by atoms with Gasteiger partial charge in [-0.2, -0.15) is 5.10 Å². The van der Waals surface area contributed by atoms with Crippen LogP contribution in [-0.4, -0.2) is 16.1 Å². The summed E-state index contributed by atoms with van der Waals surface area (Å²) in [6, 6.07) is 4.57. The standard InChI is InChI=1S/C11H8F2N4O/c12-6-4-7(10(13)8(14)5-6)11(18)16-9-2-1-3-15-17-9/h1-5H,14H2,(H,16,17,18). The average Bonchev–Trinajstić information content (AvgIpc) is 2.35. The summed E-state index contributed by atoms with van der Waals surface area (Å²) in [5.74, 6) is -2.49. The molecule has 0 atom stereocenters. The van der Waals surface area contributed by atoms with E-state index >= 15 is 0 Å². The predicted octanol–water partition coefficient (Wildman–Crippen LogP) is 1.59. The van der Waals surface area contributed by atoms with E-state index in [1.807, 2.05) is 0 Å². The molecule has 1 aromatic carbocycles. The van der Waals surface area contributed by atoms with Gasteiger partial charge in [0.15, 0.2) is 11.6 Å². The summed E-state index contributed by atoms with van der Waals surface area (Å²) in [7, 11) is 0. The molecule has 18 heavy (non-hydrogen) atoms. The van der Waals surface area contributed by atoms with Gasteiger partial charge >= 0.3 is 0 Å². The van der Waals surface area contributed by atoms with Crippen molar-refractivity contribution in [2.45, 2.75) is 0 Å². The predicted molar refractivity (Wildman–Crippen MR) is 60.8 cm³/mol. The lowest BCUT2D eigenvalue weighted by atomic mass is 10.1. The molecule has 7 heteroatoms. The fourth-order valence-corrected chi connectivity index (χ4v) is 1.33. The summed E-state index contributed by atoms with van der Waals surface area (Å²) in [6.07, 6.45) is 1.41. The van der Waals surface area contributed by atoms with Gasteiger partial charge in [-0.3, -0.25) is 4.79 Å². The monoisotopic (exact) mass is 250 g/mol. The third-order valence-corrected chi connectivity index (χ3v) is 2.12. The molecule has 0 radical (unpaired) electrons. The Morgan fingerprint density at radius 3 is 2.78 bits per heavy atom. The average molecular weight is 250 g/mol. The molecule has 0 fully saturated rings. The zero-order chi connectivity index (χ0) is 13.1. The number of nitrogens with zero attached hydrogens (tertiary/aromatic N) is 2. The van der Waals surface area contributed by atoms with E-state index in [1.54, 1.807) is 6.07 Å². The number of nitrogens with one attached hydrogen (secondary N) is 1. The van der Waals surface area contributed by atoms with E-state index in [0.717, 1.165) is 12.1 Å². The van der Waals surface area contributed by atoms with Crippen molar-refractivity contribution in [2.24, 2.45) is 0 Å². The number of carbonyl (C=O) groups excluding carboxylic acids is 1. The van der Waals surface area contributed by atoms with Crippen LogP contribution >= 0.6 is 0 Å². The van der Waals surface area contributed by atoms with E-state index in [2.05, 4.69) is 15.5 Å². The van der Waals surface area contributed by atoms with Crippen LogP contribution in [0.5, 0.6) is 0 Å². The third-order valence-electron chi connectivity index (χ3n) is 2.12. The van der Waals surface area contributed by atoms with Crippen molar-refractivity contribution in [3.8, 4) is 0 Å². The zero-order valence-corrected chi connectivity index (χ0v) is 9.02. The second-order valence-electron chi connectivity index (χ2n) is 3.42. The molecule has 1 aromatic heterocycles. The van der Waals surface area contributed by atoms with Crippen molar-refractivity contribution in [3.63, 3.8) is 0 Å². The van der Waals surface area contributed by atoms with Gasteiger partial charge < -0.3 is 11.1 Å². The maximum Gasteiger partial charge on any atom is 0.260 e. The van der Waals surface area contributed by atoms with Crippen LogP contribution in [0.15, 0.2) is 30.5 Å². The molecule has 1 amide bonds. The van der Waals surface area contributed by atoms with E-state index in [-0.39, 0.29) is 5.82 Å². The van der Waals surface area contributed by atoms with Gasteiger partial charge in [0.05, 0.1) is 11.3 Å². The highest BCUT2D eigenvalue weighted by atomic mass is 19.1. The highest BCUT2D eigenvalue weighted by Gasteiger charge is 2.16. The molecule has 5 nitrogen and oxygen atoms in total. The second-order valence-corrected chi connectivity index (χ2v) is 3.42. The number of carbonyl (C=O) groups is 1. The van der Waals surface area contributed by atoms with Gasteiger partial charge in [0, 0.05) is 6.20 Å².